The van der Waals surface area contributed by atoms with Crippen molar-refractivity contribution in [2.75, 3.05) is 5.32 Å². The molecule has 2 N–H and O–H groups in total. The van der Waals surface area contributed by atoms with Crippen molar-refractivity contribution in [1.29, 1.82) is 0 Å². The second-order valence-corrected chi connectivity index (χ2v) is 4.96. The van der Waals surface area contributed by atoms with Crippen LogP contribution >= 0.6 is 0 Å². The van der Waals surface area contributed by atoms with Gasteiger partial charge in [-0.15, -0.1) is 0 Å². The van der Waals surface area contributed by atoms with Gasteiger partial charge in [0.15, 0.2) is 0 Å². The molecule has 0 aliphatic rings. The van der Waals surface area contributed by atoms with Crippen LogP contribution in [0, 0.1) is 13.8 Å². The van der Waals surface area contributed by atoms with Crippen LogP contribution in [0.3, 0.4) is 0 Å². The summed E-state index contributed by atoms with van der Waals surface area (Å²) in [5.41, 5.74) is 2.91. The Labute approximate surface area is 128 Å². The van der Waals surface area contributed by atoms with E-state index in [0.717, 1.165) is 11.1 Å². The quantitative estimate of drug-likeness (QED) is 0.901. The Morgan fingerprint density at radius 3 is 2.45 bits per heavy atom. The van der Waals surface area contributed by atoms with E-state index in [1.807, 2.05) is 30.3 Å². The lowest BCUT2D eigenvalue weighted by molar-refractivity contribution is 0.0696. The third-order valence-electron chi connectivity index (χ3n) is 3.36. The maximum Gasteiger partial charge on any atom is 0.411 e. The van der Waals surface area contributed by atoms with E-state index in [-0.39, 0.29) is 12.2 Å². The summed E-state index contributed by atoms with van der Waals surface area (Å²) in [6, 6.07) is 12.4. The summed E-state index contributed by atoms with van der Waals surface area (Å²) < 4.78 is 5.10. The molecule has 0 aromatic heterocycles. The number of nitrogens with one attached hydrogen (secondary N) is 1. The Hall–Kier alpha value is -2.82. The number of carboxylic acid groups (broad SMARTS) is 1. The largest absolute Gasteiger partial charge is 0.478 e. The van der Waals surface area contributed by atoms with Crippen LogP contribution in [0.25, 0.3) is 0 Å². The highest BCUT2D eigenvalue weighted by Gasteiger charge is 2.12. The van der Waals surface area contributed by atoms with E-state index in [2.05, 4.69) is 5.32 Å². The van der Waals surface area contributed by atoms with Crippen molar-refractivity contribution in [3.05, 3.63) is 64.7 Å². The molecule has 0 atom stereocenters. The molecule has 0 saturated carbocycles. The number of anilines is 1. The minimum Gasteiger partial charge on any atom is -0.478 e. The number of carbonyl (C=O) groups excluding carboxylic acids is 1. The van der Waals surface area contributed by atoms with Gasteiger partial charge in [-0.2, -0.15) is 0 Å². The van der Waals surface area contributed by atoms with E-state index in [1.54, 1.807) is 19.9 Å². The van der Waals surface area contributed by atoms with Crippen LogP contribution in [0.15, 0.2) is 42.5 Å². The average molecular weight is 299 g/mol. The molecule has 0 aliphatic carbocycles. The summed E-state index contributed by atoms with van der Waals surface area (Å²) in [5, 5.41) is 11.7. The van der Waals surface area contributed by atoms with Gasteiger partial charge in [-0.1, -0.05) is 30.3 Å². The van der Waals surface area contributed by atoms with Crippen LogP contribution in [-0.4, -0.2) is 17.2 Å². The predicted molar refractivity (Wildman–Crippen MR) is 83.1 cm³/mol. The molecule has 0 heterocycles. The minimum absolute atomic E-state index is 0.156. The van der Waals surface area contributed by atoms with Gasteiger partial charge in [0, 0.05) is 5.69 Å². The summed E-state index contributed by atoms with van der Waals surface area (Å²) in [7, 11) is 0. The zero-order chi connectivity index (χ0) is 16.1. The van der Waals surface area contributed by atoms with Crippen LogP contribution < -0.4 is 5.32 Å². The second-order valence-electron chi connectivity index (χ2n) is 4.96. The number of carbonyl (C=O) groups is 2. The molecule has 1 amide bonds. The third-order valence-corrected chi connectivity index (χ3v) is 3.36. The first kappa shape index (κ1) is 15.6. The monoisotopic (exact) mass is 299 g/mol. The molecule has 2 aromatic rings. The van der Waals surface area contributed by atoms with Gasteiger partial charge in [0.2, 0.25) is 0 Å². The molecule has 22 heavy (non-hydrogen) atoms. The lowest BCUT2D eigenvalue weighted by Crippen LogP contribution is -2.14. The molecule has 114 valence electrons. The van der Waals surface area contributed by atoms with Gasteiger partial charge in [-0.25, -0.2) is 9.59 Å². The maximum atomic E-state index is 11.8. The van der Waals surface area contributed by atoms with Gasteiger partial charge >= 0.3 is 12.1 Å². The Morgan fingerprint density at radius 1 is 1.14 bits per heavy atom. The molecule has 0 fully saturated rings. The van der Waals surface area contributed by atoms with E-state index < -0.39 is 12.1 Å². The van der Waals surface area contributed by atoms with Crippen molar-refractivity contribution in [2.45, 2.75) is 20.5 Å². The summed E-state index contributed by atoms with van der Waals surface area (Å²) in [5.74, 6) is -1.03. The number of aryl methyl sites for hydroxylation is 1. The van der Waals surface area contributed by atoms with Gasteiger partial charge in [0.1, 0.15) is 6.61 Å². The van der Waals surface area contributed by atoms with Gasteiger partial charge < -0.3 is 9.84 Å². The number of ether oxygens (including phenoxy) is 1. The van der Waals surface area contributed by atoms with Crippen molar-refractivity contribution < 1.29 is 19.4 Å². The first-order valence-corrected chi connectivity index (χ1v) is 6.79. The fourth-order valence-corrected chi connectivity index (χ4v) is 2.03. The molecule has 0 spiro atoms. The number of amides is 1. The second kappa shape index (κ2) is 6.76. The molecule has 0 radical (unpaired) electrons. The summed E-state index contributed by atoms with van der Waals surface area (Å²) in [4.78, 5) is 23.0. The molecule has 2 aromatic carbocycles. The first-order valence-electron chi connectivity index (χ1n) is 6.79. The van der Waals surface area contributed by atoms with Crippen LogP contribution in [0.5, 0.6) is 0 Å². The fourth-order valence-electron chi connectivity index (χ4n) is 2.03. The lowest BCUT2D eigenvalue weighted by Gasteiger charge is -2.11. The lowest BCUT2D eigenvalue weighted by atomic mass is 10.0. The topological polar surface area (TPSA) is 75.6 Å². The van der Waals surface area contributed by atoms with Crippen molar-refractivity contribution in [2.24, 2.45) is 0 Å². The average Bonchev–Trinajstić information content (AvgIpc) is 2.49. The zero-order valence-corrected chi connectivity index (χ0v) is 12.4. The van der Waals surface area contributed by atoms with Crippen molar-refractivity contribution in [3.63, 3.8) is 0 Å². The van der Waals surface area contributed by atoms with Crippen molar-refractivity contribution >= 4 is 17.7 Å². The first-order chi connectivity index (χ1) is 10.5. The van der Waals surface area contributed by atoms with Crippen molar-refractivity contribution in [1.82, 2.24) is 0 Å². The van der Waals surface area contributed by atoms with Gasteiger partial charge in [-0.3, -0.25) is 5.32 Å². The molecule has 0 unspecified atom stereocenters. The molecule has 2 rings (SSSR count). The number of benzene rings is 2. The summed E-state index contributed by atoms with van der Waals surface area (Å²) in [6.45, 7) is 3.68. The number of carboxylic acids is 1. The van der Waals surface area contributed by atoms with Gasteiger partial charge in [0.25, 0.3) is 0 Å². The van der Waals surface area contributed by atoms with E-state index in [1.165, 1.54) is 6.07 Å². The minimum atomic E-state index is -1.03. The van der Waals surface area contributed by atoms with E-state index in [9.17, 15) is 9.59 Å². The van der Waals surface area contributed by atoms with Crippen LogP contribution in [0.2, 0.25) is 0 Å². The summed E-state index contributed by atoms with van der Waals surface area (Å²) in [6.07, 6.45) is -0.622. The highest BCUT2D eigenvalue weighted by molar-refractivity contribution is 5.93. The number of hydrogen-bond acceptors (Lipinski definition) is 3. The normalized spacial score (nSPS) is 10.1. The Morgan fingerprint density at radius 2 is 1.82 bits per heavy atom. The Balaban J connectivity index is 2.04. The molecular formula is C17H17NO4. The number of hydrogen-bond donors (Lipinski definition) is 2. The fraction of sp³-hybridized carbons (Fsp3) is 0.176. The van der Waals surface area contributed by atoms with Crippen molar-refractivity contribution in [3.8, 4) is 0 Å². The SMILES string of the molecule is Cc1cc(NC(=O)OCc2ccccc2)cc(C(=O)O)c1C. The van der Waals surface area contributed by atoms with Gasteiger partial charge in [0.05, 0.1) is 5.56 Å². The predicted octanol–water partition coefficient (Wildman–Crippen LogP) is 3.75. The standard InChI is InChI=1S/C17H17NO4/c1-11-8-14(9-15(12(11)2)16(19)20)18-17(21)22-10-13-6-4-3-5-7-13/h3-9H,10H2,1-2H3,(H,18,21)(H,19,20). The van der Waals surface area contributed by atoms with E-state index in [0.29, 0.717) is 11.3 Å². The smallest absolute Gasteiger partial charge is 0.411 e. The van der Waals surface area contributed by atoms with E-state index in [4.69, 9.17) is 9.84 Å². The number of rotatable bonds is 4. The number of aromatic carboxylic acids is 1. The Kier molecular flexibility index (Phi) is 4.78. The van der Waals surface area contributed by atoms with Crippen LogP contribution in [0.4, 0.5) is 10.5 Å². The molecule has 0 aliphatic heterocycles. The van der Waals surface area contributed by atoms with E-state index >= 15 is 0 Å². The molecule has 5 nitrogen and oxygen atoms in total. The van der Waals surface area contributed by atoms with Gasteiger partial charge in [-0.05, 0) is 42.7 Å². The van der Waals surface area contributed by atoms with Crippen LogP contribution in [-0.2, 0) is 11.3 Å². The molecular weight excluding hydrogens is 282 g/mol. The molecule has 5 heteroatoms. The van der Waals surface area contributed by atoms with Crippen LogP contribution in [0.1, 0.15) is 27.0 Å². The zero-order valence-electron chi connectivity index (χ0n) is 12.4. The highest BCUT2D eigenvalue weighted by atomic mass is 16.5. The molecule has 0 bridgehead atoms. The molecule has 0 saturated heterocycles. The summed E-state index contributed by atoms with van der Waals surface area (Å²) >= 11 is 0. The highest BCUT2D eigenvalue weighted by Crippen LogP contribution is 2.20. The maximum absolute atomic E-state index is 11.8. The Bertz CT molecular complexity index is 695. The third kappa shape index (κ3) is 3.85.